The topological polar surface area (TPSA) is 98.0 Å². The number of nitro groups is 1. The van der Waals surface area contributed by atoms with Gasteiger partial charge < -0.3 is 5.32 Å². The van der Waals surface area contributed by atoms with Crippen molar-refractivity contribution in [3.05, 3.63) is 57.1 Å². The summed E-state index contributed by atoms with van der Waals surface area (Å²) in [5.74, 6) is -0.647. The van der Waals surface area contributed by atoms with Gasteiger partial charge in [-0.3, -0.25) is 19.9 Å². The van der Waals surface area contributed by atoms with E-state index >= 15 is 0 Å². The van der Waals surface area contributed by atoms with Crippen molar-refractivity contribution in [2.75, 3.05) is 5.32 Å². The minimum absolute atomic E-state index is 0.157. The summed E-state index contributed by atoms with van der Waals surface area (Å²) < 4.78 is 0. The Labute approximate surface area is 118 Å². The number of aromatic nitrogens is 2. The van der Waals surface area contributed by atoms with Gasteiger partial charge in [0.25, 0.3) is 5.91 Å². The molecule has 2 heterocycles. The van der Waals surface area contributed by atoms with E-state index in [-0.39, 0.29) is 10.7 Å². The first-order valence-electron chi connectivity index (χ1n) is 5.52. The number of pyridine rings is 2. The highest BCUT2D eigenvalue weighted by atomic mass is 35.5. The summed E-state index contributed by atoms with van der Waals surface area (Å²) in [6.45, 7) is 1.80. The normalized spacial score (nSPS) is 10.1. The van der Waals surface area contributed by atoms with Gasteiger partial charge in [-0.2, -0.15) is 0 Å². The molecule has 0 bridgehead atoms. The molecule has 0 radical (unpaired) electrons. The third kappa shape index (κ3) is 2.89. The van der Waals surface area contributed by atoms with Crippen molar-refractivity contribution in [3.63, 3.8) is 0 Å². The lowest BCUT2D eigenvalue weighted by Gasteiger charge is -2.06. The molecule has 0 aliphatic heterocycles. The van der Waals surface area contributed by atoms with Gasteiger partial charge in [-0.05, 0) is 25.1 Å². The fraction of sp³-hybridized carbons (Fsp3) is 0.0833. The van der Waals surface area contributed by atoms with Gasteiger partial charge in [0.2, 0.25) is 5.15 Å². The summed E-state index contributed by atoms with van der Waals surface area (Å²) in [6, 6.07) is 4.60. The molecule has 0 atom stereocenters. The van der Waals surface area contributed by atoms with Gasteiger partial charge in [-0.15, -0.1) is 0 Å². The first-order valence-corrected chi connectivity index (χ1v) is 5.89. The lowest BCUT2D eigenvalue weighted by molar-refractivity contribution is -0.385. The third-order valence-electron chi connectivity index (χ3n) is 2.48. The summed E-state index contributed by atoms with van der Waals surface area (Å²) in [4.78, 5) is 29.8. The zero-order valence-electron chi connectivity index (χ0n) is 10.3. The van der Waals surface area contributed by atoms with E-state index < -0.39 is 16.5 Å². The van der Waals surface area contributed by atoms with E-state index in [0.29, 0.717) is 5.69 Å². The van der Waals surface area contributed by atoms with Crippen molar-refractivity contribution in [2.24, 2.45) is 0 Å². The molecule has 1 amide bonds. The molecule has 0 aromatic carbocycles. The van der Waals surface area contributed by atoms with E-state index in [1.165, 1.54) is 18.5 Å². The molecule has 2 aromatic rings. The van der Waals surface area contributed by atoms with Gasteiger partial charge in [-0.1, -0.05) is 11.6 Å². The lowest BCUT2D eigenvalue weighted by atomic mass is 10.2. The summed E-state index contributed by atoms with van der Waals surface area (Å²) in [5.41, 5.74) is 0.547. The molecule has 2 rings (SSSR count). The zero-order valence-corrected chi connectivity index (χ0v) is 11.1. The summed E-state index contributed by atoms with van der Waals surface area (Å²) in [5, 5.41) is 13.1. The Balaban J connectivity index is 2.32. The predicted octanol–water partition coefficient (Wildman–Crippen LogP) is 2.60. The minimum Gasteiger partial charge on any atom is -0.320 e. The van der Waals surface area contributed by atoms with Gasteiger partial charge >= 0.3 is 5.69 Å². The van der Waals surface area contributed by atoms with Crippen LogP contribution in [0.1, 0.15) is 16.1 Å². The van der Waals surface area contributed by atoms with Gasteiger partial charge in [0.05, 0.1) is 16.8 Å². The number of rotatable bonds is 3. The molecule has 0 aliphatic rings. The molecule has 0 aliphatic carbocycles. The van der Waals surface area contributed by atoms with Gasteiger partial charge in [-0.25, -0.2) is 4.98 Å². The summed E-state index contributed by atoms with van der Waals surface area (Å²) >= 11 is 5.65. The minimum atomic E-state index is -0.738. The average Bonchev–Trinajstić information content (AvgIpc) is 2.40. The van der Waals surface area contributed by atoms with E-state index in [1.807, 2.05) is 0 Å². The summed E-state index contributed by atoms with van der Waals surface area (Å²) in [6.07, 6.45) is 2.69. The zero-order chi connectivity index (χ0) is 14.7. The van der Waals surface area contributed by atoms with Crippen LogP contribution in [-0.4, -0.2) is 20.8 Å². The Morgan fingerprint density at radius 1 is 1.35 bits per heavy atom. The average molecular weight is 293 g/mol. The monoisotopic (exact) mass is 292 g/mol. The van der Waals surface area contributed by atoms with Crippen molar-refractivity contribution in [3.8, 4) is 0 Å². The second-order valence-electron chi connectivity index (χ2n) is 3.90. The standard InChI is InChI=1S/C12H9ClN4O3/c1-7-2-3-8(6-15-7)16-12(18)9-4-5-14-11(13)10(9)17(19)20/h2-6H,1H3,(H,16,18). The van der Waals surface area contributed by atoms with Crippen molar-refractivity contribution in [1.82, 2.24) is 9.97 Å². The number of hydrogen-bond donors (Lipinski definition) is 1. The number of halogens is 1. The molecule has 102 valence electrons. The molecule has 0 saturated heterocycles. The molecule has 0 spiro atoms. The van der Waals surface area contributed by atoms with Crippen LogP contribution in [0.25, 0.3) is 0 Å². The van der Waals surface area contributed by atoms with Crippen LogP contribution in [0, 0.1) is 17.0 Å². The predicted molar refractivity (Wildman–Crippen MR) is 72.8 cm³/mol. The Hall–Kier alpha value is -2.54. The highest BCUT2D eigenvalue weighted by Gasteiger charge is 2.24. The molecule has 8 heteroatoms. The van der Waals surface area contributed by atoms with Crippen molar-refractivity contribution >= 4 is 28.9 Å². The maximum absolute atomic E-state index is 12.0. The molecular formula is C12H9ClN4O3. The second kappa shape index (κ2) is 5.62. The smallest absolute Gasteiger partial charge is 0.319 e. The SMILES string of the molecule is Cc1ccc(NC(=O)c2ccnc(Cl)c2[N+](=O)[O-])cn1. The number of aryl methyl sites for hydroxylation is 1. The highest BCUT2D eigenvalue weighted by Crippen LogP contribution is 2.26. The van der Waals surface area contributed by atoms with Gasteiger partial charge in [0.15, 0.2) is 0 Å². The lowest BCUT2D eigenvalue weighted by Crippen LogP contribution is -2.14. The van der Waals surface area contributed by atoms with E-state index in [1.54, 1.807) is 19.1 Å². The molecule has 0 fully saturated rings. The van der Waals surface area contributed by atoms with E-state index in [4.69, 9.17) is 11.6 Å². The quantitative estimate of drug-likeness (QED) is 0.532. The number of nitrogens with zero attached hydrogens (tertiary/aromatic N) is 3. The Bertz CT molecular complexity index is 673. The fourth-order valence-corrected chi connectivity index (χ4v) is 1.75. The second-order valence-corrected chi connectivity index (χ2v) is 4.26. The Morgan fingerprint density at radius 2 is 2.10 bits per heavy atom. The molecular weight excluding hydrogens is 284 g/mol. The van der Waals surface area contributed by atoms with Crippen LogP contribution < -0.4 is 5.32 Å². The summed E-state index contributed by atoms with van der Waals surface area (Å²) in [7, 11) is 0. The molecule has 1 N–H and O–H groups in total. The van der Waals surface area contributed by atoms with E-state index in [2.05, 4.69) is 15.3 Å². The van der Waals surface area contributed by atoms with Crippen LogP contribution in [0.3, 0.4) is 0 Å². The first-order chi connectivity index (χ1) is 9.49. The largest absolute Gasteiger partial charge is 0.320 e. The number of carbonyl (C=O) groups is 1. The molecule has 20 heavy (non-hydrogen) atoms. The Kier molecular flexibility index (Phi) is 3.90. The number of anilines is 1. The van der Waals surface area contributed by atoms with Crippen molar-refractivity contribution in [2.45, 2.75) is 6.92 Å². The van der Waals surface area contributed by atoms with Crippen molar-refractivity contribution in [1.29, 1.82) is 0 Å². The van der Waals surface area contributed by atoms with Gasteiger partial charge in [0, 0.05) is 11.9 Å². The van der Waals surface area contributed by atoms with Crippen LogP contribution in [0.2, 0.25) is 5.15 Å². The van der Waals surface area contributed by atoms with E-state index in [9.17, 15) is 14.9 Å². The maximum atomic E-state index is 12.0. The highest BCUT2D eigenvalue weighted by molar-refractivity contribution is 6.32. The number of amides is 1. The van der Waals surface area contributed by atoms with Gasteiger partial charge in [0.1, 0.15) is 5.56 Å². The number of carbonyl (C=O) groups excluding carboxylic acids is 1. The third-order valence-corrected chi connectivity index (χ3v) is 2.75. The fourth-order valence-electron chi connectivity index (χ4n) is 1.53. The maximum Gasteiger partial charge on any atom is 0.319 e. The number of nitrogens with one attached hydrogen (secondary N) is 1. The number of hydrogen-bond acceptors (Lipinski definition) is 5. The molecule has 7 nitrogen and oxygen atoms in total. The van der Waals surface area contributed by atoms with Crippen molar-refractivity contribution < 1.29 is 9.72 Å². The van der Waals surface area contributed by atoms with Crippen LogP contribution in [0.4, 0.5) is 11.4 Å². The molecule has 2 aromatic heterocycles. The van der Waals surface area contributed by atoms with E-state index in [0.717, 1.165) is 5.69 Å². The first kappa shape index (κ1) is 13.9. The van der Waals surface area contributed by atoms with Crippen LogP contribution in [0.15, 0.2) is 30.6 Å². The molecule has 0 saturated carbocycles. The van der Waals surface area contributed by atoms with Crippen LogP contribution in [0.5, 0.6) is 0 Å². The Morgan fingerprint density at radius 3 is 2.70 bits per heavy atom. The van der Waals surface area contributed by atoms with Crippen LogP contribution >= 0.6 is 11.6 Å². The van der Waals surface area contributed by atoms with Crippen LogP contribution in [-0.2, 0) is 0 Å². The molecule has 0 unspecified atom stereocenters.